The number of nitrogens with one attached hydrogen (secondary N) is 2. The number of hydrogen-bond acceptors (Lipinski definition) is 4. The molecule has 0 aromatic heterocycles. The fourth-order valence-corrected chi connectivity index (χ4v) is 4.79. The monoisotopic (exact) mass is 407 g/mol. The Morgan fingerprint density at radius 3 is 2.59 bits per heavy atom. The second kappa shape index (κ2) is 8.29. The average molecular weight is 408 g/mol. The van der Waals surface area contributed by atoms with Crippen LogP contribution in [0.25, 0.3) is 0 Å². The molecule has 1 heterocycles. The molecule has 0 saturated carbocycles. The van der Waals surface area contributed by atoms with Crippen molar-refractivity contribution in [3.8, 4) is 0 Å². The number of amides is 1. The van der Waals surface area contributed by atoms with Crippen LogP contribution in [0.4, 0.5) is 11.4 Å². The van der Waals surface area contributed by atoms with E-state index in [-0.39, 0.29) is 17.3 Å². The summed E-state index contributed by atoms with van der Waals surface area (Å²) in [6, 6.07) is 11.9. The maximum atomic E-state index is 12.6. The van der Waals surface area contributed by atoms with Gasteiger partial charge in [-0.25, -0.2) is 8.42 Å². The Morgan fingerprint density at radius 1 is 1.15 bits per heavy atom. The molecule has 2 aromatic rings. The number of carbonyl (C=O) groups is 1. The predicted octanol–water partition coefficient (Wildman–Crippen LogP) is 3.48. The third kappa shape index (κ3) is 4.80. The molecule has 1 aliphatic heterocycles. The fourth-order valence-electron chi connectivity index (χ4n) is 2.94. The van der Waals surface area contributed by atoms with Crippen molar-refractivity contribution in [2.75, 3.05) is 30.3 Å². The molecule has 1 saturated heterocycles. The number of aryl methyl sites for hydroxylation is 1. The van der Waals surface area contributed by atoms with Crippen molar-refractivity contribution in [1.29, 1.82) is 0 Å². The van der Waals surface area contributed by atoms with Crippen molar-refractivity contribution in [3.05, 3.63) is 53.1 Å². The largest absolute Gasteiger partial charge is 0.376 e. The normalized spacial score (nSPS) is 14.9. The highest BCUT2D eigenvalue weighted by Crippen LogP contribution is 2.24. The molecule has 0 bridgehead atoms. The van der Waals surface area contributed by atoms with E-state index in [2.05, 4.69) is 10.6 Å². The number of carbonyl (C=O) groups excluding carboxylic acids is 1. The maximum Gasteiger partial charge on any atom is 0.243 e. The standard InChI is InChI=1S/C19H22ClN3O3S/c1-14-7-8-18(17(20)11-14)22-19(24)13-21-15-5-4-6-16(12-15)27(25,26)23-9-2-3-10-23/h4-8,11-12,21H,2-3,9-10,13H2,1H3,(H,22,24). The van der Waals surface area contributed by atoms with Gasteiger partial charge in [0.05, 0.1) is 22.2 Å². The van der Waals surface area contributed by atoms with E-state index in [0.717, 1.165) is 18.4 Å². The van der Waals surface area contributed by atoms with E-state index >= 15 is 0 Å². The van der Waals surface area contributed by atoms with Gasteiger partial charge in [0, 0.05) is 18.8 Å². The second-order valence-corrected chi connectivity index (χ2v) is 8.87. The Bertz CT molecular complexity index is 941. The number of anilines is 2. The highest BCUT2D eigenvalue weighted by molar-refractivity contribution is 7.89. The molecule has 1 amide bonds. The molecule has 0 aliphatic carbocycles. The maximum absolute atomic E-state index is 12.6. The summed E-state index contributed by atoms with van der Waals surface area (Å²) in [4.78, 5) is 12.4. The number of rotatable bonds is 6. The molecule has 27 heavy (non-hydrogen) atoms. The molecule has 0 radical (unpaired) electrons. The van der Waals surface area contributed by atoms with Crippen LogP contribution in [-0.4, -0.2) is 38.3 Å². The van der Waals surface area contributed by atoms with E-state index in [9.17, 15) is 13.2 Å². The van der Waals surface area contributed by atoms with Crippen molar-refractivity contribution < 1.29 is 13.2 Å². The average Bonchev–Trinajstić information content (AvgIpc) is 3.18. The fraction of sp³-hybridized carbons (Fsp3) is 0.316. The summed E-state index contributed by atoms with van der Waals surface area (Å²) in [6.45, 7) is 3.03. The molecule has 0 unspecified atom stereocenters. The minimum absolute atomic E-state index is 0.00256. The molecule has 1 fully saturated rings. The molecule has 3 rings (SSSR count). The molecular formula is C19H22ClN3O3S. The Kier molecular flexibility index (Phi) is 6.04. The van der Waals surface area contributed by atoms with Crippen LogP contribution in [0, 0.1) is 6.92 Å². The van der Waals surface area contributed by atoms with E-state index < -0.39 is 10.0 Å². The second-order valence-electron chi connectivity index (χ2n) is 6.52. The lowest BCUT2D eigenvalue weighted by Crippen LogP contribution is -2.28. The number of sulfonamides is 1. The summed E-state index contributed by atoms with van der Waals surface area (Å²) in [7, 11) is -3.48. The van der Waals surface area contributed by atoms with Gasteiger partial charge in [0.1, 0.15) is 0 Å². The van der Waals surface area contributed by atoms with Gasteiger partial charge >= 0.3 is 0 Å². The predicted molar refractivity (Wildman–Crippen MR) is 108 cm³/mol. The van der Waals surface area contributed by atoms with Crippen molar-refractivity contribution in [2.24, 2.45) is 0 Å². The number of benzene rings is 2. The van der Waals surface area contributed by atoms with Crippen molar-refractivity contribution >= 4 is 38.9 Å². The minimum atomic E-state index is -3.48. The highest BCUT2D eigenvalue weighted by atomic mass is 35.5. The van der Waals surface area contributed by atoms with E-state index in [1.807, 2.05) is 13.0 Å². The molecule has 144 valence electrons. The van der Waals surface area contributed by atoms with Gasteiger partial charge in [-0.2, -0.15) is 4.31 Å². The Morgan fingerprint density at radius 2 is 1.89 bits per heavy atom. The van der Waals surface area contributed by atoms with Crippen LogP contribution in [0.1, 0.15) is 18.4 Å². The third-order valence-corrected chi connectivity index (χ3v) is 6.60. The Balaban J connectivity index is 1.63. The quantitative estimate of drug-likeness (QED) is 0.768. The van der Waals surface area contributed by atoms with Crippen LogP contribution in [0.15, 0.2) is 47.4 Å². The first-order valence-corrected chi connectivity index (χ1v) is 10.6. The van der Waals surface area contributed by atoms with Gasteiger partial charge in [0.25, 0.3) is 0 Å². The summed E-state index contributed by atoms with van der Waals surface area (Å²) in [5, 5.41) is 6.17. The van der Waals surface area contributed by atoms with Crippen LogP contribution in [0.3, 0.4) is 0 Å². The lowest BCUT2D eigenvalue weighted by molar-refractivity contribution is -0.114. The lowest BCUT2D eigenvalue weighted by Gasteiger charge is -2.16. The molecule has 2 N–H and O–H groups in total. The topological polar surface area (TPSA) is 78.5 Å². The van der Waals surface area contributed by atoms with Crippen molar-refractivity contribution in [3.63, 3.8) is 0 Å². The molecule has 8 heteroatoms. The summed E-state index contributed by atoms with van der Waals surface area (Å²) in [6.07, 6.45) is 1.78. The molecule has 6 nitrogen and oxygen atoms in total. The zero-order chi connectivity index (χ0) is 19.4. The van der Waals surface area contributed by atoms with Crippen LogP contribution >= 0.6 is 11.6 Å². The zero-order valence-corrected chi connectivity index (χ0v) is 16.6. The first kappa shape index (κ1) is 19.7. The first-order valence-electron chi connectivity index (χ1n) is 8.76. The van der Waals surface area contributed by atoms with Gasteiger partial charge in [0.15, 0.2) is 0 Å². The summed E-state index contributed by atoms with van der Waals surface area (Å²) < 4.78 is 26.8. The van der Waals surface area contributed by atoms with E-state index in [4.69, 9.17) is 11.6 Å². The third-order valence-electron chi connectivity index (χ3n) is 4.39. The van der Waals surface area contributed by atoms with Crippen molar-refractivity contribution in [2.45, 2.75) is 24.7 Å². The zero-order valence-electron chi connectivity index (χ0n) is 15.0. The van der Waals surface area contributed by atoms with Gasteiger partial charge < -0.3 is 10.6 Å². The molecule has 2 aromatic carbocycles. The molecular weight excluding hydrogens is 386 g/mol. The Labute approximate surface area is 164 Å². The first-order chi connectivity index (χ1) is 12.9. The van der Waals surface area contributed by atoms with E-state index in [1.54, 1.807) is 36.4 Å². The van der Waals surface area contributed by atoms with E-state index in [1.165, 1.54) is 4.31 Å². The number of nitrogens with zero attached hydrogens (tertiary/aromatic N) is 1. The Hall–Kier alpha value is -2.09. The van der Waals surface area contributed by atoms with Crippen LogP contribution < -0.4 is 10.6 Å². The molecule has 0 spiro atoms. The smallest absolute Gasteiger partial charge is 0.243 e. The molecule has 1 aliphatic rings. The van der Waals surface area contributed by atoms with Gasteiger partial charge in [-0.05, 0) is 55.7 Å². The van der Waals surface area contributed by atoms with Crippen molar-refractivity contribution in [1.82, 2.24) is 4.31 Å². The lowest BCUT2D eigenvalue weighted by atomic mass is 10.2. The van der Waals surface area contributed by atoms with Crippen LogP contribution in [-0.2, 0) is 14.8 Å². The van der Waals surface area contributed by atoms with Crippen LogP contribution in [0.5, 0.6) is 0 Å². The summed E-state index contributed by atoms with van der Waals surface area (Å²) >= 11 is 6.12. The highest BCUT2D eigenvalue weighted by Gasteiger charge is 2.27. The van der Waals surface area contributed by atoms with Gasteiger partial charge in [-0.1, -0.05) is 23.7 Å². The van der Waals surface area contributed by atoms with Crippen LogP contribution in [0.2, 0.25) is 5.02 Å². The minimum Gasteiger partial charge on any atom is -0.376 e. The number of halogens is 1. The SMILES string of the molecule is Cc1ccc(NC(=O)CNc2cccc(S(=O)(=O)N3CCCC3)c2)c(Cl)c1. The summed E-state index contributed by atoms with van der Waals surface area (Å²) in [5.74, 6) is -0.270. The van der Waals surface area contributed by atoms with Gasteiger partial charge in [-0.3, -0.25) is 4.79 Å². The van der Waals surface area contributed by atoms with Gasteiger partial charge in [-0.15, -0.1) is 0 Å². The number of hydrogen-bond donors (Lipinski definition) is 2. The van der Waals surface area contributed by atoms with Gasteiger partial charge in [0.2, 0.25) is 15.9 Å². The molecule has 0 atom stereocenters. The van der Waals surface area contributed by atoms with E-state index in [0.29, 0.717) is 29.5 Å². The summed E-state index contributed by atoms with van der Waals surface area (Å²) in [5.41, 5.74) is 2.12.